The van der Waals surface area contributed by atoms with Crippen LogP contribution < -0.4 is 0 Å². The van der Waals surface area contributed by atoms with Crippen LogP contribution in [0.5, 0.6) is 0 Å². The monoisotopic (exact) mass is 394 g/mol. The van der Waals surface area contributed by atoms with Crippen molar-refractivity contribution < 1.29 is 4.79 Å². The van der Waals surface area contributed by atoms with Gasteiger partial charge < -0.3 is 0 Å². The molecule has 0 N–H and O–H groups in total. The highest BCUT2D eigenvalue weighted by atomic mass is 79.9. The van der Waals surface area contributed by atoms with Crippen LogP contribution in [-0.4, -0.2) is 10.6 Å². The van der Waals surface area contributed by atoms with Gasteiger partial charge in [-0.25, -0.2) is 0 Å². The molecule has 0 aromatic heterocycles. The summed E-state index contributed by atoms with van der Waals surface area (Å²) >= 11 is 15.1. The lowest BCUT2D eigenvalue weighted by Gasteiger charge is -2.06. The molecule has 0 aliphatic rings. The van der Waals surface area contributed by atoms with Crippen molar-refractivity contribution in [2.45, 2.75) is 31.0 Å². The number of carbonyl (C=O) groups excluding carboxylic acids is 1. The lowest BCUT2D eigenvalue weighted by Crippen LogP contribution is -2.13. The van der Waals surface area contributed by atoms with E-state index >= 15 is 0 Å². The molecular formula is C8H10Br3ClO. The van der Waals surface area contributed by atoms with Crippen molar-refractivity contribution >= 4 is 65.2 Å². The minimum atomic E-state index is -0.145. The van der Waals surface area contributed by atoms with Crippen LogP contribution in [0.15, 0.2) is 8.42 Å². The highest BCUT2D eigenvalue weighted by Gasteiger charge is 2.18. The summed E-state index contributed by atoms with van der Waals surface area (Å²) in [4.78, 5) is 11.4. The van der Waals surface area contributed by atoms with Crippen LogP contribution in [0.25, 0.3) is 0 Å². The summed E-state index contributed by atoms with van der Waals surface area (Å²) in [6.07, 6.45) is 2.95. The Kier molecular flexibility index (Phi) is 8.09. The van der Waals surface area contributed by atoms with E-state index in [0.29, 0.717) is 8.42 Å². The van der Waals surface area contributed by atoms with Crippen LogP contribution in [0.3, 0.4) is 0 Å². The Bertz CT molecular complexity index is 211. The standard InChI is InChI=1S/C8H10Br3ClO/c1-2-3-4-5(9)7(13)6(10)8(11)12/h5H,2-4H2,1H3. The lowest BCUT2D eigenvalue weighted by molar-refractivity contribution is -0.114. The molecule has 0 rings (SSSR count). The van der Waals surface area contributed by atoms with Gasteiger partial charge in [0.15, 0.2) is 5.78 Å². The van der Waals surface area contributed by atoms with Gasteiger partial charge in [0.1, 0.15) is 3.94 Å². The maximum atomic E-state index is 11.5. The van der Waals surface area contributed by atoms with Crippen molar-refractivity contribution in [3.05, 3.63) is 8.42 Å². The number of rotatable bonds is 5. The summed E-state index contributed by atoms with van der Waals surface area (Å²) in [7, 11) is 0. The Balaban J connectivity index is 4.19. The molecule has 13 heavy (non-hydrogen) atoms. The zero-order valence-corrected chi connectivity index (χ0v) is 12.6. The Labute approximate surface area is 109 Å². The summed E-state index contributed by atoms with van der Waals surface area (Å²) in [5, 5.41) is 0. The van der Waals surface area contributed by atoms with Crippen molar-refractivity contribution in [3.63, 3.8) is 0 Å². The van der Waals surface area contributed by atoms with E-state index in [-0.39, 0.29) is 10.6 Å². The molecule has 76 valence electrons. The highest BCUT2D eigenvalue weighted by molar-refractivity contribution is 9.15. The molecular weight excluding hydrogens is 387 g/mol. The quantitative estimate of drug-likeness (QED) is 0.485. The average Bonchev–Trinajstić information content (AvgIpc) is 2.11. The van der Waals surface area contributed by atoms with Gasteiger partial charge in [0.2, 0.25) is 0 Å². The largest absolute Gasteiger partial charge is 0.292 e. The summed E-state index contributed by atoms with van der Waals surface area (Å²) in [5.74, 6) is -0.0182. The van der Waals surface area contributed by atoms with Crippen LogP contribution in [-0.2, 0) is 4.79 Å². The molecule has 1 atom stereocenters. The van der Waals surface area contributed by atoms with Gasteiger partial charge in [-0.15, -0.1) is 0 Å². The number of ketones is 1. The molecule has 0 saturated heterocycles. The number of halogens is 4. The maximum Gasteiger partial charge on any atom is 0.185 e. The maximum absolute atomic E-state index is 11.5. The molecule has 0 bridgehead atoms. The van der Waals surface area contributed by atoms with E-state index in [2.05, 4.69) is 54.7 Å². The summed E-state index contributed by atoms with van der Waals surface area (Å²) < 4.78 is 0.714. The van der Waals surface area contributed by atoms with Crippen LogP contribution in [0, 0.1) is 0 Å². The molecule has 0 spiro atoms. The van der Waals surface area contributed by atoms with E-state index < -0.39 is 0 Å². The molecule has 0 aromatic carbocycles. The Morgan fingerprint density at radius 1 is 1.46 bits per heavy atom. The first-order valence-electron chi connectivity index (χ1n) is 3.89. The number of carbonyl (C=O) groups is 1. The number of alkyl halides is 1. The number of hydrogen-bond acceptors (Lipinski definition) is 1. The smallest absolute Gasteiger partial charge is 0.185 e. The third-order valence-corrected chi connectivity index (χ3v) is 4.48. The van der Waals surface area contributed by atoms with Crippen LogP contribution in [0.2, 0.25) is 0 Å². The van der Waals surface area contributed by atoms with E-state index in [4.69, 9.17) is 11.6 Å². The summed E-state index contributed by atoms with van der Waals surface area (Å²) in [6, 6.07) is 0. The van der Waals surface area contributed by atoms with Gasteiger partial charge in [0.05, 0.1) is 9.31 Å². The SMILES string of the molecule is CCCCC(Br)C(=O)C(Br)=C(Cl)Br. The molecule has 1 unspecified atom stereocenters. The molecule has 1 nitrogen and oxygen atoms in total. The van der Waals surface area contributed by atoms with Gasteiger partial charge >= 0.3 is 0 Å². The number of Topliss-reactive ketones (excluding diaryl/α,β-unsaturated/α-hetero) is 1. The second-order valence-corrected chi connectivity index (χ2v) is 6.07. The van der Waals surface area contributed by atoms with Crippen LogP contribution in [0.1, 0.15) is 26.2 Å². The van der Waals surface area contributed by atoms with Crippen LogP contribution in [0.4, 0.5) is 0 Å². The molecule has 0 aliphatic heterocycles. The van der Waals surface area contributed by atoms with Crippen LogP contribution >= 0.6 is 59.4 Å². The van der Waals surface area contributed by atoms with Gasteiger partial charge in [-0.1, -0.05) is 47.3 Å². The average molecular weight is 397 g/mol. The predicted molar refractivity (Wildman–Crippen MR) is 68.0 cm³/mol. The van der Waals surface area contributed by atoms with Crippen molar-refractivity contribution in [1.82, 2.24) is 0 Å². The molecule has 0 aromatic rings. The first kappa shape index (κ1) is 14.1. The van der Waals surface area contributed by atoms with E-state index in [9.17, 15) is 4.79 Å². The zero-order chi connectivity index (χ0) is 10.4. The second kappa shape index (κ2) is 7.43. The van der Waals surface area contributed by atoms with Crippen molar-refractivity contribution in [2.75, 3.05) is 0 Å². The molecule has 0 fully saturated rings. The topological polar surface area (TPSA) is 17.1 Å². The first-order valence-corrected chi connectivity index (χ1v) is 6.77. The van der Waals surface area contributed by atoms with E-state index in [1.54, 1.807) is 0 Å². The van der Waals surface area contributed by atoms with Gasteiger partial charge in [-0.3, -0.25) is 4.79 Å². The lowest BCUT2D eigenvalue weighted by atomic mass is 10.1. The molecule has 0 aliphatic carbocycles. The predicted octanol–water partition coefficient (Wildman–Crippen LogP) is 4.71. The minimum Gasteiger partial charge on any atom is -0.292 e. The number of hydrogen-bond donors (Lipinski definition) is 0. The van der Waals surface area contributed by atoms with Gasteiger partial charge in [-0.2, -0.15) is 0 Å². The van der Waals surface area contributed by atoms with E-state index in [0.717, 1.165) is 19.3 Å². The van der Waals surface area contributed by atoms with E-state index in [1.807, 2.05) is 0 Å². The minimum absolute atomic E-state index is 0.0182. The fourth-order valence-electron chi connectivity index (χ4n) is 0.745. The zero-order valence-electron chi connectivity index (χ0n) is 7.12. The highest BCUT2D eigenvalue weighted by Crippen LogP contribution is 2.26. The molecule has 0 heterocycles. The van der Waals surface area contributed by atoms with Gasteiger partial charge in [-0.05, 0) is 38.3 Å². The number of allylic oxidation sites excluding steroid dienone is 1. The Hall–Kier alpha value is 1.14. The number of unbranched alkanes of at least 4 members (excludes halogenated alkanes) is 1. The normalized spacial score (nSPS) is 15.2. The summed E-state index contributed by atoms with van der Waals surface area (Å²) in [5.41, 5.74) is 0. The van der Waals surface area contributed by atoms with E-state index in [1.165, 1.54) is 0 Å². The Morgan fingerprint density at radius 2 is 2.00 bits per heavy atom. The summed E-state index contributed by atoms with van der Waals surface area (Å²) in [6.45, 7) is 2.09. The fraction of sp³-hybridized carbons (Fsp3) is 0.625. The van der Waals surface area contributed by atoms with Crippen molar-refractivity contribution in [1.29, 1.82) is 0 Å². The molecule has 0 saturated carbocycles. The van der Waals surface area contributed by atoms with Crippen molar-refractivity contribution in [2.24, 2.45) is 0 Å². The third kappa shape index (κ3) is 5.55. The van der Waals surface area contributed by atoms with Gasteiger partial charge in [0, 0.05) is 0 Å². The van der Waals surface area contributed by atoms with Gasteiger partial charge in [0.25, 0.3) is 0 Å². The molecule has 5 heteroatoms. The van der Waals surface area contributed by atoms with Crippen molar-refractivity contribution in [3.8, 4) is 0 Å². The fourth-order valence-corrected chi connectivity index (χ4v) is 2.17. The second-order valence-electron chi connectivity index (χ2n) is 2.55. The molecule has 0 radical (unpaired) electrons. The Morgan fingerprint density at radius 3 is 2.38 bits per heavy atom. The molecule has 0 amide bonds. The third-order valence-electron chi connectivity index (χ3n) is 1.48. The first-order chi connectivity index (χ1) is 6.00.